The number of aromatic nitrogens is 2. The zero-order valence-electron chi connectivity index (χ0n) is 16.0. The lowest BCUT2D eigenvalue weighted by Crippen LogP contribution is -2.26. The van der Waals surface area contributed by atoms with Gasteiger partial charge in [-0.3, -0.25) is 14.4 Å². The number of nitrogens with zero attached hydrogens (tertiary/aromatic N) is 3. The van der Waals surface area contributed by atoms with Gasteiger partial charge in [0, 0.05) is 30.9 Å². The quantitative estimate of drug-likeness (QED) is 0.744. The lowest BCUT2D eigenvalue weighted by Gasteiger charge is -2.15. The van der Waals surface area contributed by atoms with Crippen molar-refractivity contribution in [3.05, 3.63) is 87.8 Å². The number of nitrogens with one attached hydrogen (secondary N) is 1. The number of amides is 2. The zero-order valence-corrected chi connectivity index (χ0v) is 16.0. The van der Waals surface area contributed by atoms with Crippen molar-refractivity contribution >= 4 is 23.2 Å². The third kappa shape index (κ3) is 3.94. The van der Waals surface area contributed by atoms with E-state index in [1.807, 2.05) is 42.5 Å². The molecule has 146 valence electrons. The first-order valence-electron chi connectivity index (χ1n) is 9.36. The van der Waals surface area contributed by atoms with Crippen molar-refractivity contribution in [2.75, 3.05) is 16.8 Å². The molecule has 2 heterocycles. The first-order valence-corrected chi connectivity index (χ1v) is 9.36. The van der Waals surface area contributed by atoms with Gasteiger partial charge in [-0.1, -0.05) is 30.3 Å². The molecule has 29 heavy (non-hydrogen) atoms. The molecular weight excluding hydrogens is 368 g/mol. The van der Waals surface area contributed by atoms with Crippen LogP contribution >= 0.6 is 0 Å². The first-order chi connectivity index (χ1) is 14.0. The van der Waals surface area contributed by atoms with Gasteiger partial charge in [-0.15, -0.1) is 0 Å². The van der Waals surface area contributed by atoms with Crippen molar-refractivity contribution < 1.29 is 9.59 Å². The predicted molar refractivity (Wildman–Crippen MR) is 110 cm³/mol. The minimum absolute atomic E-state index is 0.00501. The monoisotopic (exact) mass is 388 g/mol. The van der Waals surface area contributed by atoms with Crippen LogP contribution in [0.2, 0.25) is 0 Å². The Morgan fingerprint density at radius 1 is 1.07 bits per heavy atom. The summed E-state index contributed by atoms with van der Waals surface area (Å²) in [4.78, 5) is 38.1. The van der Waals surface area contributed by atoms with Crippen LogP contribution in [0.5, 0.6) is 0 Å². The summed E-state index contributed by atoms with van der Waals surface area (Å²) in [5.74, 6) is -0.390. The van der Waals surface area contributed by atoms with Crippen LogP contribution in [-0.2, 0) is 17.8 Å². The van der Waals surface area contributed by atoms with Crippen LogP contribution in [0.1, 0.15) is 28.5 Å². The third-order valence-corrected chi connectivity index (χ3v) is 4.89. The molecule has 0 aliphatic carbocycles. The molecule has 2 aromatic carbocycles. The highest BCUT2D eigenvalue weighted by Gasteiger charge is 2.22. The Balaban J connectivity index is 1.53. The number of benzene rings is 2. The molecule has 0 fully saturated rings. The second kappa shape index (κ2) is 7.71. The number of anilines is 2. The molecule has 0 saturated heterocycles. The average Bonchev–Trinajstić information content (AvgIpc) is 3.14. The molecule has 0 unspecified atom stereocenters. The molecule has 0 atom stereocenters. The fraction of sp³-hybridized carbons (Fsp3) is 0.182. The lowest BCUT2D eigenvalue weighted by molar-refractivity contribution is -0.116. The SMILES string of the molecule is CC(=O)N1CCc2cc(NC(=O)c3ccc(=O)n(Cc4ccccc4)n3)ccc21. The van der Waals surface area contributed by atoms with Gasteiger partial charge in [-0.2, -0.15) is 5.10 Å². The molecular formula is C22H20N4O3. The van der Waals surface area contributed by atoms with Gasteiger partial charge in [0.25, 0.3) is 11.5 Å². The third-order valence-electron chi connectivity index (χ3n) is 4.89. The summed E-state index contributed by atoms with van der Waals surface area (Å²) in [6.45, 7) is 2.48. The molecule has 2 amide bonds. The number of carbonyl (C=O) groups excluding carboxylic acids is 2. The molecule has 0 saturated carbocycles. The van der Waals surface area contributed by atoms with Gasteiger partial charge < -0.3 is 10.2 Å². The molecule has 1 aromatic heterocycles. The van der Waals surface area contributed by atoms with E-state index in [4.69, 9.17) is 0 Å². The van der Waals surface area contributed by atoms with Gasteiger partial charge in [0.05, 0.1) is 6.54 Å². The van der Waals surface area contributed by atoms with Gasteiger partial charge >= 0.3 is 0 Å². The Kier molecular flexibility index (Phi) is 4.95. The van der Waals surface area contributed by atoms with E-state index in [0.717, 1.165) is 23.2 Å². The summed E-state index contributed by atoms with van der Waals surface area (Å²) < 4.78 is 1.28. The predicted octanol–water partition coefficient (Wildman–Crippen LogP) is 2.45. The Hall–Kier alpha value is -3.74. The van der Waals surface area contributed by atoms with Gasteiger partial charge in [-0.25, -0.2) is 4.68 Å². The second-order valence-corrected chi connectivity index (χ2v) is 6.92. The summed E-state index contributed by atoms with van der Waals surface area (Å²) in [6, 6.07) is 17.7. The van der Waals surface area contributed by atoms with E-state index in [2.05, 4.69) is 10.4 Å². The minimum atomic E-state index is -0.395. The lowest BCUT2D eigenvalue weighted by atomic mass is 10.1. The Labute approximate surface area is 167 Å². The maximum Gasteiger partial charge on any atom is 0.276 e. The molecule has 4 rings (SSSR count). The van der Waals surface area contributed by atoms with Gasteiger partial charge in [0.15, 0.2) is 0 Å². The maximum atomic E-state index is 12.6. The highest BCUT2D eigenvalue weighted by Crippen LogP contribution is 2.30. The van der Waals surface area contributed by atoms with Crippen LogP contribution in [0.25, 0.3) is 0 Å². The topological polar surface area (TPSA) is 84.3 Å². The van der Waals surface area contributed by atoms with Crippen molar-refractivity contribution in [2.24, 2.45) is 0 Å². The van der Waals surface area contributed by atoms with Crippen molar-refractivity contribution in [3.8, 4) is 0 Å². The molecule has 7 heteroatoms. The molecule has 0 spiro atoms. The van der Waals surface area contributed by atoms with E-state index in [-0.39, 0.29) is 17.2 Å². The molecule has 0 bridgehead atoms. The highest BCUT2D eigenvalue weighted by molar-refractivity contribution is 6.03. The summed E-state index contributed by atoms with van der Waals surface area (Å²) in [6.07, 6.45) is 0.749. The van der Waals surface area contributed by atoms with Gasteiger partial charge in [0.1, 0.15) is 5.69 Å². The molecule has 1 aliphatic rings. The van der Waals surface area contributed by atoms with Gasteiger partial charge in [-0.05, 0) is 41.8 Å². The van der Waals surface area contributed by atoms with Crippen molar-refractivity contribution in [2.45, 2.75) is 19.9 Å². The smallest absolute Gasteiger partial charge is 0.276 e. The van der Waals surface area contributed by atoms with Crippen LogP contribution < -0.4 is 15.8 Å². The summed E-state index contributed by atoms with van der Waals surface area (Å²) in [5, 5.41) is 7.03. The van der Waals surface area contributed by atoms with Crippen LogP contribution in [0.3, 0.4) is 0 Å². The fourth-order valence-corrected chi connectivity index (χ4v) is 3.44. The standard InChI is InChI=1S/C22H20N4O3/c1-15(27)25-12-11-17-13-18(7-9-20(17)25)23-22(29)19-8-10-21(28)26(24-19)14-16-5-3-2-4-6-16/h2-10,13H,11-12,14H2,1H3,(H,23,29). The fourth-order valence-electron chi connectivity index (χ4n) is 3.44. The molecule has 3 aromatic rings. The van der Waals surface area contributed by atoms with E-state index in [9.17, 15) is 14.4 Å². The average molecular weight is 388 g/mol. The summed E-state index contributed by atoms with van der Waals surface area (Å²) >= 11 is 0. The number of hydrogen-bond donors (Lipinski definition) is 1. The van der Waals surface area contributed by atoms with Crippen LogP contribution in [-0.4, -0.2) is 28.1 Å². The Bertz CT molecular complexity index is 1140. The van der Waals surface area contributed by atoms with E-state index >= 15 is 0 Å². The zero-order chi connectivity index (χ0) is 20.4. The normalized spacial score (nSPS) is 12.5. The number of carbonyl (C=O) groups is 2. The van der Waals surface area contributed by atoms with Crippen LogP contribution in [0, 0.1) is 0 Å². The number of rotatable bonds is 4. The Morgan fingerprint density at radius 3 is 2.62 bits per heavy atom. The largest absolute Gasteiger partial charge is 0.321 e. The number of fused-ring (bicyclic) bond motifs is 1. The van der Waals surface area contributed by atoms with Crippen LogP contribution in [0.4, 0.5) is 11.4 Å². The minimum Gasteiger partial charge on any atom is -0.321 e. The molecule has 1 N–H and O–H groups in total. The van der Waals surface area contributed by atoms with E-state index in [1.54, 1.807) is 17.9 Å². The number of hydrogen-bond acceptors (Lipinski definition) is 4. The van der Waals surface area contributed by atoms with Crippen molar-refractivity contribution in [3.63, 3.8) is 0 Å². The highest BCUT2D eigenvalue weighted by atomic mass is 16.2. The first kappa shape index (κ1) is 18.6. The molecule has 7 nitrogen and oxygen atoms in total. The maximum absolute atomic E-state index is 12.6. The second-order valence-electron chi connectivity index (χ2n) is 6.92. The summed E-state index contributed by atoms with van der Waals surface area (Å²) in [5.41, 5.74) is 3.33. The Morgan fingerprint density at radius 2 is 1.86 bits per heavy atom. The summed E-state index contributed by atoms with van der Waals surface area (Å²) in [7, 11) is 0. The van der Waals surface area contributed by atoms with Gasteiger partial charge in [0.2, 0.25) is 5.91 Å². The van der Waals surface area contributed by atoms with E-state index in [1.165, 1.54) is 16.8 Å². The van der Waals surface area contributed by atoms with Crippen LogP contribution in [0.15, 0.2) is 65.5 Å². The van der Waals surface area contributed by atoms with Crippen molar-refractivity contribution in [1.29, 1.82) is 0 Å². The van der Waals surface area contributed by atoms with E-state index in [0.29, 0.717) is 18.8 Å². The van der Waals surface area contributed by atoms with Crippen molar-refractivity contribution in [1.82, 2.24) is 9.78 Å². The molecule has 0 radical (unpaired) electrons. The molecule has 1 aliphatic heterocycles. The van der Waals surface area contributed by atoms with E-state index < -0.39 is 5.91 Å².